The maximum Gasteiger partial charge on any atom is 0.227 e. The summed E-state index contributed by atoms with van der Waals surface area (Å²) in [6, 6.07) is 18.0. The molecule has 2 aromatic carbocycles. The van der Waals surface area contributed by atoms with Crippen LogP contribution in [0.3, 0.4) is 0 Å². The van der Waals surface area contributed by atoms with Gasteiger partial charge in [-0.25, -0.2) is 8.42 Å². The third-order valence-electron chi connectivity index (χ3n) is 5.84. The zero-order chi connectivity index (χ0) is 23.0. The van der Waals surface area contributed by atoms with Crippen LogP contribution in [0.1, 0.15) is 23.6 Å². The first-order chi connectivity index (χ1) is 15.3. The van der Waals surface area contributed by atoms with Crippen molar-refractivity contribution >= 4 is 15.9 Å². The minimum absolute atomic E-state index is 0.0741. The van der Waals surface area contributed by atoms with Crippen LogP contribution in [0.4, 0.5) is 0 Å². The predicted molar refractivity (Wildman–Crippen MR) is 127 cm³/mol. The molecule has 0 radical (unpaired) electrons. The van der Waals surface area contributed by atoms with E-state index in [9.17, 15) is 13.2 Å². The summed E-state index contributed by atoms with van der Waals surface area (Å²) >= 11 is 0. The fourth-order valence-corrected chi connectivity index (χ4v) is 5.14. The van der Waals surface area contributed by atoms with Crippen LogP contribution in [0.2, 0.25) is 0 Å². The maximum atomic E-state index is 12.6. The van der Waals surface area contributed by atoms with Gasteiger partial charge >= 0.3 is 0 Å². The van der Waals surface area contributed by atoms with E-state index in [1.807, 2.05) is 52.3 Å². The standard InChI is InChI=1S/C18H22N2O2S.C6H12N2O/c1-19(13-16-7-3-2-4-8-16)23(21,22)15-20-12-11-17-9-5-6-10-18(17)14-20;1-6(9)8-4-2-7-3-5-8/h2-10H,11-15H2,1H3;7H,2-5H2,1H3. The normalized spacial score (nSPS) is 16.8. The maximum absolute atomic E-state index is 12.6. The molecule has 1 fully saturated rings. The van der Waals surface area contributed by atoms with Crippen LogP contribution in [0.25, 0.3) is 0 Å². The number of fused-ring (bicyclic) bond motifs is 1. The van der Waals surface area contributed by atoms with Gasteiger partial charge in [0.1, 0.15) is 5.88 Å². The third kappa shape index (κ3) is 7.13. The largest absolute Gasteiger partial charge is 0.340 e. The molecule has 0 atom stereocenters. The zero-order valence-corrected chi connectivity index (χ0v) is 19.9. The second kappa shape index (κ2) is 11.6. The Hall–Kier alpha value is -2.26. The van der Waals surface area contributed by atoms with Crippen molar-refractivity contribution in [3.8, 4) is 0 Å². The average molecular weight is 459 g/mol. The number of piperazine rings is 1. The van der Waals surface area contributed by atoms with E-state index < -0.39 is 10.0 Å². The Morgan fingerprint density at radius 1 is 0.969 bits per heavy atom. The van der Waals surface area contributed by atoms with Crippen molar-refractivity contribution in [2.75, 3.05) is 45.6 Å². The van der Waals surface area contributed by atoms with Crippen molar-refractivity contribution < 1.29 is 13.2 Å². The summed E-state index contributed by atoms with van der Waals surface area (Å²) in [7, 11) is -1.65. The van der Waals surface area contributed by atoms with E-state index >= 15 is 0 Å². The number of nitrogens with zero attached hydrogens (tertiary/aromatic N) is 3. The van der Waals surface area contributed by atoms with Crippen LogP contribution in [0.5, 0.6) is 0 Å². The number of benzene rings is 2. The zero-order valence-electron chi connectivity index (χ0n) is 19.0. The summed E-state index contributed by atoms with van der Waals surface area (Å²) in [4.78, 5) is 14.6. The van der Waals surface area contributed by atoms with E-state index in [1.165, 1.54) is 15.4 Å². The number of carbonyl (C=O) groups is 1. The lowest BCUT2D eigenvalue weighted by atomic mass is 10.0. The van der Waals surface area contributed by atoms with Crippen molar-refractivity contribution in [2.45, 2.75) is 26.4 Å². The number of amides is 1. The highest BCUT2D eigenvalue weighted by Crippen LogP contribution is 2.19. The van der Waals surface area contributed by atoms with Crippen LogP contribution in [-0.4, -0.2) is 74.1 Å². The molecule has 0 aromatic heterocycles. The molecule has 32 heavy (non-hydrogen) atoms. The van der Waals surface area contributed by atoms with Gasteiger partial charge < -0.3 is 10.2 Å². The van der Waals surface area contributed by atoms with Crippen LogP contribution in [-0.2, 0) is 34.3 Å². The van der Waals surface area contributed by atoms with Gasteiger partial charge in [-0.3, -0.25) is 9.69 Å². The topological polar surface area (TPSA) is 73.0 Å². The van der Waals surface area contributed by atoms with Gasteiger partial charge in [0.15, 0.2) is 0 Å². The van der Waals surface area contributed by atoms with Crippen LogP contribution in [0, 0.1) is 0 Å². The van der Waals surface area contributed by atoms with Gasteiger partial charge in [-0.2, -0.15) is 4.31 Å². The number of sulfonamides is 1. The molecule has 0 spiro atoms. The second-order valence-electron chi connectivity index (χ2n) is 8.31. The Morgan fingerprint density at radius 2 is 1.59 bits per heavy atom. The minimum atomic E-state index is -3.30. The Morgan fingerprint density at radius 3 is 2.22 bits per heavy atom. The molecule has 0 bridgehead atoms. The highest BCUT2D eigenvalue weighted by Gasteiger charge is 2.24. The highest BCUT2D eigenvalue weighted by molar-refractivity contribution is 7.88. The number of hydrogen-bond donors (Lipinski definition) is 1. The van der Waals surface area contributed by atoms with Gasteiger partial charge in [-0.1, -0.05) is 54.6 Å². The van der Waals surface area contributed by atoms with Crippen molar-refractivity contribution in [2.24, 2.45) is 0 Å². The first-order valence-electron chi connectivity index (χ1n) is 11.1. The summed E-state index contributed by atoms with van der Waals surface area (Å²) < 4.78 is 26.6. The van der Waals surface area contributed by atoms with Crippen molar-refractivity contribution in [3.63, 3.8) is 0 Å². The van der Waals surface area contributed by atoms with E-state index in [0.29, 0.717) is 13.1 Å². The molecule has 1 amide bonds. The molecule has 8 heteroatoms. The second-order valence-corrected chi connectivity index (χ2v) is 10.4. The molecule has 2 aromatic rings. The molecule has 2 heterocycles. The van der Waals surface area contributed by atoms with Gasteiger partial charge in [-0.05, 0) is 23.1 Å². The van der Waals surface area contributed by atoms with Gasteiger partial charge in [0.05, 0.1) is 0 Å². The monoisotopic (exact) mass is 458 g/mol. The molecular formula is C24H34N4O3S. The smallest absolute Gasteiger partial charge is 0.227 e. The molecular weight excluding hydrogens is 424 g/mol. The highest BCUT2D eigenvalue weighted by atomic mass is 32.2. The summed E-state index contributed by atoms with van der Waals surface area (Å²) in [6.45, 7) is 7.15. The summed E-state index contributed by atoms with van der Waals surface area (Å²) in [5, 5.41) is 3.18. The Labute approximate surface area is 192 Å². The van der Waals surface area contributed by atoms with Gasteiger partial charge in [0.2, 0.25) is 15.9 Å². The summed E-state index contributed by atoms with van der Waals surface area (Å²) in [5.41, 5.74) is 3.57. The number of carbonyl (C=O) groups excluding carboxylic acids is 1. The van der Waals surface area contributed by atoms with E-state index in [1.54, 1.807) is 14.0 Å². The molecule has 1 N–H and O–H groups in total. The lowest BCUT2D eigenvalue weighted by molar-refractivity contribution is -0.129. The first kappa shape index (κ1) is 24.4. The van der Waals surface area contributed by atoms with Crippen LogP contribution >= 0.6 is 0 Å². The Kier molecular flexibility index (Phi) is 8.81. The molecule has 2 aliphatic rings. The van der Waals surface area contributed by atoms with E-state index in [4.69, 9.17) is 0 Å². The Bertz CT molecular complexity index is 976. The van der Waals surface area contributed by atoms with E-state index in [-0.39, 0.29) is 11.8 Å². The van der Waals surface area contributed by atoms with E-state index in [0.717, 1.165) is 44.7 Å². The third-order valence-corrected chi connectivity index (χ3v) is 7.61. The summed E-state index contributed by atoms with van der Waals surface area (Å²) in [5.74, 6) is 0.265. The van der Waals surface area contributed by atoms with Crippen molar-refractivity contribution in [1.29, 1.82) is 0 Å². The number of nitrogens with one attached hydrogen (secondary N) is 1. The van der Waals surface area contributed by atoms with Crippen LogP contribution < -0.4 is 5.32 Å². The molecule has 0 aliphatic carbocycles. The lowest BCUT2D eigenvalue weighted by Gasteiger charge is -2.30. The van der Waals surface area contributed by atoms with Crippen molar-refractivity contribution in [1.82, 2.24) is 19.4 Å². The van der Waals surface area contributed by atoms with Gasteiger partial charge in [-0.15, -0.1) is 0 Å². The van der Waals surface area contributed by atoms with Gasteiger partial charge in [0, 0.05) is 59.8 Å². The Balaban J connectivity index is 0.000000269. The quantitative estimate of drug-likeness (QED) is 0.741. The molecule has 7 nitrogen and oxygen atoms in total. The molecule has 0 unspecified atom stereocenters. The SMILES string of the molecule is CC(=O)N1CCNCC1.CN(Cc1ccccc1)S(=O)(=O)CN1CCc2ccccc2C1. The number of hydrogen-bond acceptors (Lipinski definition) is 5. The van der Waals surface area contributed by atoms with Crippen LogP contribution in [0.15, 0.2) is 54.6 Å². The predicted octanol–water partition coefficient (Wildman–Crippen LogP) is 1.90. The average Bonchev–Trinajstić information content (AvgIpc) is 2.80. The fraction of sp³-hybridized carbons (Fsp3) is 0.458. The molecule has 4 rings (SSSR count). The first-order valence-corrected chi connectivity index (χ1v) is 12.7. The van der Waals surface area contributed by atoms with E-state index in [2.05, 4.69) is 17.4 Å². The molecule has 1 saturated heterocycles. The summed E-state index contributed by atoms with van der Waals surface area (Å²) in [6.07, 6.45) is 0.911. The van der Waals surface area contributed by atoms with Gasteiger partial charge in [0.25, 0.3) is 0 Å². The lowest BCUT2D eigenvalue weighted by Crippen LogP contribution is -2.45. The molecule has 0 saturated carbocycles. The fourth-order valence-electron chi connectivity index (χ4n) is 3.91. The molecule has 2 aliphatic heterocycles. The molecule has 174 valence electrons. The minimum Gasteiger partial charge on any atom is -0.340 e. The number of rotatable bonds is 5. The van der Waals surface area contributed by atoms with Crippen molar-refractivity contribution in [3.05, 3.63) is 71.3 Å².